The van der Waals surface area contributed by atoms with E-state index in [1.165, 1.54) is 41.6 Å². The van der Waals surface area contributed by atoms with Gasteiger partial charge in [-0.3, -0.25) is 9.59 Å². The SMILES string of the molecule is Cc1ccc(CNC(=O)c2ccc(CSCC(=O)Nc3ccc(F)cc3)cc2)cc1. The van der Waals surface area contributed by atoms with Crippen molar-refractivity contribution in [1.82, 2.24) is 5.32 Å². The number of thioether (sulfide) groups is 1. The van der Waals surface area contributed by atoms with Crippen LogP contribution in [-0.4, -0.2) is 17.6 Å². The van der Waals surface area contributed by atoms with Gasteiger partial charge in [-0.1, -0.05) is 42.0 Å². The summed E-state index contributed by atoms with van der Waals surface area (Å²) in [4.78, 5) is 24.3. The van der Waals surface area contributed by atoms with Gasteiger partial charge in [0.1, 0.15) is 5.82 Å². The van der Waals surface area contributed by atoms with Crippen LogP contribution in [0.1, 0.15) is 27.0 Å². The highest BCUT2D eigenvalue weighted by Crippen LogP contribution is 2.15. The van der Waals surface area contributed by atoms with Crippen LogP contribution in [0.15, 0.2) is 72.8 Å². The van der Waals surface area contributed by atoms with Crippen LogP contribution in [0.2, 0.25) is 0 Å². The van der Waals surface area contributed by atoms with Gasteiger partial charge in [-0.25, -0.2) is 4.39 Å². The van der Waals surface area contributed by atoms with E-state index in [4.69, 9.17) is 0 Å². The normalized spacial score (nSPS) is 10.5. The van der Waals surface area contributed by atoms with Gasteiger partial charge < -0.3 is 10.6 Å². The molecule has 0 bridgehead atoms. The number of hydrogen-bond acceptors (Lipinski definition) is 3. The molecule has 4 nitrogen and oxygen atoms in total. The van der Waals surface area contributed by atoms with Crippen LogP contribution >= 0.6 is 11.8 Å². The zero-order chi connectivity index (χ0) is 21.3. The fourth-order valence-electron chi connectivity index (χ4n) is 2.73. The molecule has 0 atom stereocenters. The first-order chi connectivity index (χ1) is 14.5. The standard InChI is InChI=1S/C24H23FN2O2S/c1-17-2-4-18(5-3-17)14-26-24(29)20-8-6-19(7-9-20)15-30-16-23(28)27-22-12-10-21(25)11-13-22/h2-13H,14-16H2,1H3,(H,26,29)(H,27,28). The number of halogens is 1. The summed E-state index contributed by atoms with van der Waals surface area (Å²) in [6, 6.07) is 21.1. The topological polar surface area (TPSA) is 58.2 Å². The van der Waals surface area contributed by atoms with Crippen molar-refractivity contribution >= 4 is 29.3 Å². The molecule has 0 aliphatic carbocycles. The molecule has 30 heavy (non-hydrogen) atoms. The highest BCUT2D eigenvalue weighted by Gasteiger charge is 2.07. The van der Waals surface area contributed by atoms with E-state index in [0.717, 1.165) is 11.1 Å². The predicted octanol–water partition coefficient (Wildman–Crippen LogP) is 4.94. The van der Waals surface area contributed by atoms with Gasteiger partial charge in [-0.2, -0.15) is 0 Å². The Labute approximate surface area is 179 Å². The Kier molecular flexibility index (Phi) is 7.63. The molecule has 0 aliphatic heterocycles. The van der Waals surface area contributed by atoms with E-state index >= 15 is 0 Å². The number of anilines is 1. The van der Waals surface area contributed by atoms with Gasteiger partial charge in [-0.05, 0) is 54.4 Å². The number of hydrogen-bond donors (Lipinski definition) is 2. The summed E-state index contributed by atoms with van der Waals surface area (Å²) < 4.78 is 12.9. The van der Waals surface area contributed by atoms with Gasteiger partial charge >= 0.3 is 0 Å². The number of benzene rings is 3. The van der Waals surface area contributed by atoms with Crippen molar-refractivity contribution in [1.29, 1.82) is 0 Å². The van der Waals surface area contributed by atoms with Crippen LogP contribution in [0, 0.1) is 12.7 Å². The van der Waals surface area contributed by atoms with E-state index in [9.17, 15) is 14.0 Å². The Hall–Kier alpha value is -3.12. The predicted molar refractivity (Wildman–Crippen MR) is 120 cm³/mol. The van der Waals surface area contributed by atoms with Crippen molar-refractivity contribution in [3.05, 3.63) is 101 Å². The third-order valence-corrected chi connectivity index (χ3v) is 5.42. The largest absolute Gasteiger partial charge is 0.348 e. The van der Waals surface area contributed by atoms with E-state index in [2.05, 4.69) is 10.6 Å². The molecule has 0 saturated carbocycles. The molecule has 0 aliphatic rings. The van der Waals surface area contributed by atoms with Gasteiger partial charge in [0, 0.05) is 23.5 Å². The molecule has 6 heteroatoms. The number of carbonyl (C=O) groups is 2. The summed E-state index contributed by atoms with van der Waals surface area (Å²) in [5.74, 6) is 0.347. The zero-order valence-electron chi connectivity index (χ0n) is 16.7. The molecule has 0 spiro atoms. The third-order valence-electron chi connectivity index (χ3n) is 4.42. The molecule has 0 aromatic heterocycles. The van der Waals surface area contributed by atoms with Crippen molar-refractivity contribution in [3.8, 4) is 0 Å². The first-order valence-corrected chi connectivity index (χ1v) is 10.7. The molecule has 3 rings (SSSR count). The van der Waals surface area contributed by atoms with Crippen molar-refractivity contribution in [2.45, 2.75) is 19.2 Å². The second-order valence-corrected chi connectivity index (χ2v) is 7.90. The lowest BCUT2D eigenvalue weighted by molar-refractivity contribution is -0.113. The lowest BCUT2D eigenvalue weighted by Gasteiger charge is -2.07. The lowest BCUT2D eigenvalue weighted by atomic mass is 10.1. The highest BCUT2D eigenvalue weighted by atomic mass is 32.2. The first-order valence-electron chi connectivity index (χ1n) is 9.55. The van der Waals surface area contributed by atoms with E-state index in [1.807, 2.05) is 43.3 Å². The van der Waals surface area contributed by atoms with E-state index in [0.29, 0.717) is 23.5 Å². The van der Waals surface area contributed by atoms with E-state index in [-0.39, 0.29) is 23.4 Å². The quantitative estimate of drug-likeness (QED) is 0.541. The summed E-state index contributed by atoms with van der Waals surface area (Å²) >= 11 is 1.47. The van der Waals surface area contributed by atoms with Crippen LogP contribution in [-0.2, 0) is 17.1 Å². The van der Waals surface area contributed by atoms with Crippen LogP contribution < -0.4 is 10.6 Å². The van der Waals surface area contributed by atoms with Gasteiger partial charge in [0.15, 0.2) is 0 Å². The van der Waals surface area contributed by atoms with Crippen LogP contribution in [0.5, 0.6) is 0 Å². The molecule has 0 radical (unpaired) electrons. The number of amides is 2. The molecular weight excluding hydrogens is 399 g/mol. The monoisotopic (exact) mass is 422 g/mol. The molecule has 3 aromatic carbocycles. The molecular formula is C24H23FN2O2S. The maximum absolute atomic E-state index is 12.9. The molecule has 0 heterocycles. The minimum Gasteiger partial charge on any atom is -0.348 e. The Balaban J connectivity index is 1.41. The Morgan fingerprint density at radius 3 is 2.17 bits per heavy atom. The number of aryl methyl sites for hydroxylation is 1. The highest BCUT2D eigenvalue weighted by molar-refractivity contribution is 7.99. The van der Waals surface area contributed by atoms with Gasteiger partial charge in [-0.15, -0.1) is 11.8 Å². The fraction of sp³-hybridized carbons (Fsp3) is 0.167. The Morgan fingerprint density at radius 1 is 0.867 bits per heavy atom. The second kappa shape index (κ2) is 10.6. The van der Waals surface area contributed by atoms with Crippen LogP contribution in [0.3, 0.4) is 0 Å². The molecule has 154 valence electrons. The van der Waals surface area contributed by atoms with E-state index in [1.54, 1.807) is 12.1 Å². The summed E-state index contributed by atoms with van der Waals surface area (Å²) in [6.07, 6.45) is 0. The van der Waals surface area contributed by atoms with Crippen LogP contribution in [0.4, 0.5) is 10.1 Å². The zero-order valence-corrected chi connectivity index (χ0v) is 17.5. The second-order valence-electron chi connectivity index (χ2n) is 6.91. The third kappa shape index (κ3) is 6.74. The van der Waals surface area contributed by atoms with Gasteiger partial charge in [0.05, 0.1) is 5.75 Å². The van der Waals surface area contributed by atoms with Crippen molar-refractivity contribution in [3.63, 3.8) is 0 Å². The molecule has 3 aromatic rings. The maximum atomic E-state index is 12.9. The Morgan fingerprint density at radius 2 is 1.50 bits per heavy atom. The summed E-state index contributed by atoms with van der Waals surface area (Å²) in [5.41, 5.74) is 4.45. The molecule has 0 saturated heterocycles. The summed E-state index contributed by atoms with van der Waals surface area (Å²) in [5, 5.41) is 5.65. The summed E-state index contributed by atoms with van der Waals surface area (Å²) in [7, 11) is 0. The minimum atomic E-state index is -0.338. The van der Waals surface area contributed by atoms with Gasteiger partial charge in [0.25, 0.3) is 5.91 Å². The van der Waals surface area contributed by atoms with Crippen LogP contribution in [0.25, 0.3) is 0 Å². The average molecular weight is 423 g/mol. The average Bonchev–Trinajstić information content (AvgIpc) is 2.75. The lowest BCUT2D eigenvalue weighted by Crippen LogP contribution is -2.22. The Bertz CT molecular complexity index is 987. The maximum Gasteiger partial charge on any atom is 0.251 e. The smallest absolute Gasteiger partial charge is 0.251 e. The number of carbonyl (C=O) groups excluding carboxylic acids is 2. The molecule has 0 fully saturated rings. The molecule has 0 unspecified atom stereocenters. The first kappa shape index (κ1) is 21.6. The van der Waals surface area contributed by atoms with Gasteiger partial charge in [0.2, 0.25) is 5.91 Å². The van der Waals surface area contributed by atoms with E-state index < -0.39 is 0 Å². The minimum absolute atomic E-state index is 0.117. The molecule has 2 amide bonds. The van der Waals surface area contributed by atoms with Crippen molar-refractivity contribution in [2.24, 2.45) is 0 Å². The summed E-state index contributed by atoms with van der Waals surface area (Å²) in [6.45, 7) is 2.51. The van der Waals surface area contributed by atoms with Crippen molar-refractivity contribution < 1.29 is 14.0 Å². The number of rotatable bonds is 8. The number of nitrogens with one attached hydrogen (secondary N) is 2. The fourth-order valence-corrected chi connectivity index (χ4v) is 3.52. The van der Waals surface area contributed by atoms with Crippen molar-refractivity contribution in [2.75, 3.05) is 11.1 Å². The molecule has 2 N–H and O–H groups in total.